The molecular weight excluding hydrogens is 448 g/mol. The van der Waals surface area contributed by atoms with Crippen molar-refractivity contribution in [3.8, 4) is 28.5 Å². The molecule has 1 aliphatic heterocycles. The van der Waals surface area contributed by atoms with E-state index in [1.54, 1.807) is 33.5 Å². The Kier molecular flexibility index (Phi) is 7.79. The molecule has 0 amide bonds. The molecule has 2 aromatic carbocycles. The molecule has 0 N–H and O–H groups in total. The largest absolute Gasteiger partial charge is 0.493 e. The van der Waals surface area contributed by atoms with E-state index in [0.717, 1.165) is 56.1 Å². The molecule has 2 heterocycles. The fourth-order valence-corrected chi connectivity index (χ4v) is 4.30. The highest BCUT2D eigenvalue weighted by atomic mass is 16.6. The molecule has 1 fully saturated rings. The van der Waals surface area contributed by atoms with Gasteiger partial charge in [0.05, 0.1) is 31.9 Å². The molecule has 1 aromatic heterocycles. The molecule has 0 bridgehead atoms. The molecule has 9 heteroatoms. The summed E-state index contributed by atoms with van der Waals surface area (Å²) in [5.74, 6) is 1.75. The van der Waals surface area contributed by atoms with Gasteiger partial charge in [-0.05, 0) is 35.4 Å². The Bertz CT molecular complexity index is 1140. The summed E-state index contributed by atoms with van der Waals surface area (Å²) in [5.41, 5.74) is 4.15. The Morgan fingerprint density at radius 2 is 1.40 bits per heavy atom. The number of rotatable bonds is 9. The molecule has 3 aromatic rings. The van der Waals surface area contributed by atoms with Crippen LogP contribution in [0.1, 0.15) is 11.1 Å². The summed E-state index contributed by atoms with van der Waals surface area (Å²) in [6.45, 7) is 5.44. The quantitative estimate of drug-likeness (QED) is 0.337. The predicted octanol–water partition coefficient (Wildman–Crippen LogP) is 4.00. The zero-order valence-electron chi connectivity index (χ0n) is 20.3. The van der Waals surface area contributed by atoms with Crippen molar-refractivity contribution in [2.45, 2.75) is 13.1 Å². The molecule has 35 heavy (non-hydrogen) atoms. The molecule has 4 rings (SSSR count). The van der Waals surface area contributed by atoms with Gasteiger partial charge in [-0.1, -0.05) is 12.1 Å². The second-order valence-corrected chi connectivity index (χ2v) is 8.44. The van der Waals surface area contributed by atoms with Crippen LogP contribution in [0.5, 0.6) is 17.2 Å². The van der Waals surface area contributed by atoms with E-state index < -0.39 is 0 Å². The van der Waals surface area contributed by atoms with Gasteiger partial charge in [0.15, 0.2) is 11.5 Å². The van der Waals surface area contributed by atoms with E-state index in [2.05, 4.69) is 20.9 Å². The molecule has 1 aliphatic rings. The third-order valence-corrected chi connectivity index (χ3v) is 6.21. The van der Waals surface area contributed by atoms with Gasteiger partial charge in [-0.25, -0.2) is 0 Å². The van der Waals surface area contributed by atoms with Crippen LogP contribution < -0.4 is 14.2 Å². The van der Waals surface area contributed by atoms with E-state index in [4.69, 9.17) is 14.2 Å². The van der Waals surface area contributed by atoms with Gasteiger partial charge in [-0.15, -0.1) is 0 Å². The van der Waals surface area contributed by atoms with Crippen molar-refractivity contribution in [3.05, 3.63) is 76.0 Å². The average Bonchev–Trinajstić information content (AvgIpc) is 2.89. The van der Waals surface area contributed by atoms with Gasteiger partial charge in [-0.3, -0.25) is 24.9 Å². The van der Waals surface area contributed by atoms with Gasteiger partial charge in [-0.2, -0.15) is 0 Å². The third kappa shape index (κ3) is 5.87. The lowest BCUT2D eigenvalue weighted by Crippen LogP contribution is -2.45. The Morgan fingerprint density at radius 1 is 0.829 bits per heavy atom. The second kappa shape index (κ2) is 11.2. The van der Waals surface area contributed by atoms with Crippen molar-refractivity contribution in [2.24, 2.45) is 0 Å². The van der Waals surface area contributed by atoms with Crippen LogP contribution in [0.15, 0.2) is 54.7 Å². The molecule has 0 saturated carbocycles. The van der Waals surface area contributed by atoms with E-state index in [-0.39, 0.29) is 10.6 Å². The fraction of sp³-hybridized carbons (Fsp3) is 0.346. The zero-order chi connectivity index (χ0) is 24.8. The summed E-state index contributed by atoms with van der Waals surface area (Å²) < 4.78 is 16.4. The number of benzene rings is 2. The molecule has 0 radical (unpaired) electrons. The molecule has 9 nitrogen and oxygen atoms in total. The number of pyridine rings is 1. The number of nitro groups is 1. The number of piperazine rings is 1. The van der Waals surface area contributed by atoms with Crippen molar-refractivity contribution in [2.75, 3.05) is 47.5 Å². The van der Waals surface area contributed by atoms with Gasteiger partial charge < -0.3 is 14.2 Å². The highest BCUT2D eigenvalue weighted by molar-refractivity contribution is 5.69. The monoisotopic (exact) mass is 478 g/mol. The Balaban J connectivity index is 1.38. The average molecular weight is 479 g/mol. The first-order valence-corrected chi connectivity index (χ1v) is 11.4. The van der Waals surface area contributed by atoms with Crippen molar-refractivity contribution in [1.82, 2.24) is 14.8 Å². The first-order chi connectivity index (χ1) is 17.0. The number of non-ortho nitro benzene ring substituents is 1. The Labute approximate surface area is 205 Å². The van der Waals surface area contributed by atoms with Crippen molar-refractivity contribution in [1.29, 1.82) is 0 Å². The van der Waals surface area contributed by atoms with Crippen molar-refractivity contribution in [3.63, 3.8) is 0 Å². The van der Waals surface area contributed by atoms with Crippen LogP contribution in [-0.4, -0.2) is 67.2 Å². The van der Waals surface area contributed by atoms with Crippen LogP contribution in [0, 0.1) is 10.1 Å². The smallest absolute Gasteiger partial charge is 0.269 e. The van der Waals surface area contributed by atoms with Gasteiger partial charge in [0.1, 0.15) is 0 Å². The van der Waals surface area contributed by atoms with Gasteiger partial charge in [0.2, 0.25) is 5.75 Å². The molecule has 184 valence electrons. The lowest BCUT2D eigenvalue weighted by molar-refractivity contribution is -0.384. The SMILES string of the molecule is COc1cc(-c2cc(CN3CCN(Cc4ccc([N+](=O)[O-])cc4)CC3)ccn2)cc(OC)c1OC. The number of hydrogen-bond donors (Lipinski definition) is 0. The first kappa shape index (κ1) is 24.4. The molecule has 0 aliphatic carbocycles. The normalized spacial score (nSPS) is 14.5. The van der Waals surface area contributed by atoms with E-state index in [9.17, 15) is 10.1 Å². The van der Waals surface area contributed by atoms with E-state index in [0.29, 0.717) is 17.2 Å². The first-order valence-electron chi connectivity index (χ1n) is 11.4. The summed E-state index contributed by atoms with van der Waals surface area (Å²) in [5, 5.41) is 10.8. The highest BCUT2D eigenvalue weighted by Crippen LogP contribution is 2.40. The number of aromatic nitrogens is 1. The summed E-state index contributed by atoms with van der Waals surface area (Å²) in [4.78, 5) is 19.9. The molecule has 0 atom stereocenters. The third-order valence-electron chi connectivity index (χ3n) is 6.21. The van der Waals surface area contributed by atoms with Crippen molar-refractivity contribution < 1.29 is 19.1 Å². The Hall–Kier alpha value is -3.69. The van der Waals surface area contributed by atoms with E-state index in [1.807, 2.05) is 36.5 Å². The van der Waals surface area contributed by atoms with Crippen LogP contribution in [0.3, 0.4) is 0 Å². The standard InChI is InChI=1S/C26H30N4O5/c1-33-24-15-21(16-25(34-2)26(24)35-3)23-14-20(8-9-27-23)18-29-12-10-28(11-13-29)17-19-4-6-22(7-5-19)30(31)32/h4-9,14-16H,10-13,17-18H2,1-3H3. The maximum absolute atomic E-state index is 10.8. The molecule has 1 saturated heterocycles. The molecule has 0 unspecified atom stereocenters. The zero-order valence-corrected chi connectivity index (χ0v) is 20.3. The summed E-state index contributed by atoms with van der Waals surface area (Å²) >= 11 is 0. The molecule has 0 spiro atoms. The number of methoxy groups -OCH3 is 3. The summed E-state index contributed by atoms with van der Waals surface area (Å²) in [6.07, 6.45) is 1.83. The van der Waals surface area contributed by atoms with Crippen LogP contribution in [0.2, 0.25) is 0 Å². The number of nitro benzene ring substituents is 1. The van der Waals surface area contributed by atoms with Gasteiger partial charge in [0.25, 0.3) is 5.69 Å². The minimum atomic E-state index is -0.366. The predicted molar refractivity (Wildman–Crippen MR) is 133 cm³/mol. The maximum atomic E-state index is 10.8. The number of ether oxygens (including phenoxy) is 3. The van der Waals surface area contributed by atoms with Crippen LogP contribution in [-0.2, 0) is 13.1 Å². The summed E-state index contributed by atoms with van der Waals surface area (Å²) in [7, 11) is 4.79. The second-order valence-electron chi connectivity index (χ2n) is 8.44. The topological polar surface area (TPSA) is 90.2 Å². The maximum Gasteiger partial charge on any atom is 0.269 e. The highest BCUT2D eigenvalue weighted by Gasteiger charge is 2.19. The number of hydrogen-bond acceptors (Lipinski definition) is 8. The van der Waals surface area contributed by atoms with Crippen LogP contribution in [0.25, 0.3) is 11.3 Å². The lowest BCUT2D eigenvalue weighted by atomic mass is 10.1. The minimum Gasteiger partial charge on any atom is -0.493 e. The van der Waals surface area contributed by atoms with Crippen molar-refractivity contribution >= 4 is 5.69 Å². The number of nitrogens with zero attached hydrogens (tertiary/aromatic N) is 4. The van der Waals surface area contributed by atoms with Crippen LogP contribution in [0.4, 0.5) is 5.69 Å². The molecular formula is C26H30N4O5. The Morgan fingerprint density at radius 3 is 1.91 bits per heavy atom. The fourth-order valence-electron chi connectivity index (χ4n) is 4.30. The summed E-state index contributed by atoms with van der Waals surface area (Å²) in [6, 6.07) is 14.8. The lowest BCUT2D eigenvalue weighted by Gasteiger charge is -2.34. The van der Waals surface area contributed by atoms with E-state index in [1.165, 1.54) is 5.56 Å². The van der Waals surface area contributed by atoms with Crippen LogP contribution >= 0.6 is 0 Å². The van der Waals surface area contributed by atoms with Gasteiger partial charge in [0, 0.05) is 63.2 Å². The minimum absolute atomic E-state index is 0.127. The van der Waals surface area contributed by atoms with E-state index >= 15 is 0 Å². The van der Waals surface area contributed by atoms with Gasteiger partial charge >= 0.3 is 0 Å².